The average Bonchev–Trinajstić information content (AvgIpc) is 3.00. The van der Waals surface area contributed by atoms with Crippen LogP contribution in [-0.4, -0.2) is 24.3 Å². The molecule has 0 spiro atoms. The van der Waals surface area contributed by atoms with E-state index in [2.05, 4.69) is 35.2 Å². The molecule has 90 valence electrons. The lowest BCUT2D eigenvalue weighted by Crippen LogP contribution is -2.30. The van der Waals surface area contributed by atoms with E-state index in [1.807, 2.05) is 0 Å². The second-order valence-electron chi connectivity index (χ2n) is 4.56. The summed E-state index contributed by atoms with van der Waals surface area (Å²) in [6.07, 6.45) is 5.29. The number of nitrogens with zero attached hydrogens (tertiary/aromatic N) is 1. The van der Waals surface area contributed by atoms with Crippen LogP contribution in [0.25, 0.3) is 0 Å². The molecule has 2 aliphatic rings. The minimum atomic E-state index is 0.365. The van der Waals surface area contributed by atoms with Crippen LogP contribution in [0.15, 0.2) is 42.5 Å². The smallest absolute Gasteiger partial charge is 0.232 e. The summed E-state index contributed by atoms with van der Waals surface area (Å²) in [5.74, 6) is 0.906. The molecule has 0 aliphatic carbocycles. The average molecular weight is 231 g/mol. The van der Waals surface area contributed by atoms with Crippen molar-refractivity contribution in [1.29, 1.82) is 0 Å². The quantitative estimate of drug-likeness (QED) is 0.797. The van der Waals surface area contributed by atoms with Crippen LogP contribution in [0.1, 0.15) is 18.4 Å². The number of hydrogen-bond acceptors (Lipinski definition) is 3. The summed E-state index contributed by atoms with van der Waals surface area (Å²) >= 11 is 0. The molecule has 0 amide bonds. The maximum Gasteiger partial charge on any atom is 0.232 e. The second kappa shape index (κ2) is 4.70. The van der Waals surface area contributed by atoms with Crippen LogP contribution in [0.5, 0.6) is 0 Å². The first-order chi connectivity index (χ1) is 8.43. The van der Waals surface area contributed by atoms with E-state index >= 15 is 0 Å². The minimum Gasteiger partial charge on any atom is -0.459 e. The zero-order valence-corrected chi connectivity index (χ0v) is 9.84. The lowest BCUT2D eigenvalue weighted by molar-refractivity contribution is 0.0457. The van der Waals surface area contributed by atoms with E-state index < -0.39 is 0 Å². The molecule has 3 rings (SSSR count). The van der Waals surface area contributed by atoms with E-state index in [9.17, 15) is 0 Å². The van der Waals surface area contributed by atoms with E-state index in [0.29, 0.717) is 12.8 Å². The van der Waals surface area contributed by atoms with Crippen LogP contribution < -0.4 is 0 Å². The third-order valence-electron chi connectivity index (χ3n) is 3.43. The van der Waals surface area contributed by atoms with Gasteiger partial charge in [0.2, 0.25) is 12.7 Å². The van der Waals surface area contributed by atoms with Crippen molar-refractivity contribution in [3.63, 3.8) is 0 Å². The summed E-state index contributed by atoms with van der Waals surface area (Å²) in [6.45, 7) is 1.44. The Morgan fingerprint density at radius 2 is 2.12 bits per heavy atom. The Balaban J connectivity index is 1.70. The molecule has 0 radical (unpaired) electrons. The SMILES string of the molecule is C1=C(N2CCCC2Cc2ccccc2)OCO1. The highest BCUT2D eigenvalue weighted by Crippen LogP contribution is 2.27. The zero-order chi connectivity index (χ0) is 11.5. The van der Waals surface area contributed by atoms with E-state index in [1.54, 1.807) is 6.26 Å². The molecule has 1 atom stereocenters. The van der Waals surface area contributed by atoms with Crippen molar-refractivity contribution >= 4 is 0 Å². The number of rotatable bonds is 3. The van der Waals surface area contributed by atoms with Gasteiger partial charge in [0, 0.05) is 12.6 Å². The molecule has 0 bridgehead atoms. The Morgan fingerprint density at radius 1 is 1.24 bits per heavy atom. The molecule has 1 aromatic rings. The molecule has 0 aromatic heterocycles. The summed E-state index contributed by atoms with van der Waals surface area (Å²) in [5, 5.41) is 0. The Kier molecular flexibility index (Phi) is 2.90. The van der Waals surface area contributed by atoms with Gasteiger partial charge in [-0.3, -0.25) is 0 Å². The topological polar surface area (TPSA) is 21.7 Å². The molecule has 1 fully saturated rings. The predicted octanol–water partition coefficient (Wildman–Crippen LogP) is 2.50. The largest absolute Gasteiger partial charge is 0.459 e. The van der Waals surface area contributed by atoms with Gasteiger partial charge in [0.15, 0.2) is 0 Å². The predicted molar refractivity (Wildman–Crippen MR) is 65.0 cm³/mol. The molecule has 17 heavy (non-hydrogen) atoms. The minimum absolute atomic E-state index is 0.365. The summed E-state index contributed by atoms with van der Waals surface area (Å²) in [6, 6.07) is 11.2. The molecule has 1 saturated heterocycles. The monoisotopic (exact) mass is 231 g/mol. The van der Waals surface area contributed by atoms with Crippen molar-refractivity contribution in [1.82, 2.24) is 4.90 Å². The molecule has 3 heteroatoms. The van der Waals surface area contributed by atoms with Crippen LogP contribution in [0.4, 0.5) is 0 Å². The van der Waals surface area contributed by atoms with Crippen molar-refractivity contribution < 1.29 is 9.47 Å². The molecular weight excluding hydrogens is 214 g/mol. The number of ether oxygens (including phenoxy) is 2. The van der Waals surface area contributed by atoms with Gasteiger partial charge in [-0.1, -0.05) is 30.3 Å². The fourth-order valence-electron chi connectivity index (χ4n) is 2.61. The fraction of sp³-hybridized carbons (Fsp3) is 0.429. The van der Waals surface area contributed by atoms with Gasteiger partial charge in [-0.2, -0.15) is 0 Å². The van der Waals surface area contributed by atoms with Gasteiger partial charge in [-0.15, -0.1) is 0 Å². The molecule has 0 N–H and O–H groups in total. The lowest BCUT2D eigenvalue weighted by atomic mass is 10.0. The standard InChI is InChI=1S/C14H17NO2/c1-2-5-12(6-3-1)9-13-7-4-8-15(13)14-10-16-11-17-14/h1-3,5-6,10,13H,4,7-9,11H2. The Bertz CT molecular complexity index is 402. The molecule has 2 aliphatic heterocycles. The fourth-order valence-corrected chi connectivity index (χ4v) is 2.61. The van der Waals surface area contributed by atoms with Crippen LogP contribution in [0, 0.1) is 0 Å². The van der Waals surface area contributed by atoms with Gasteiger partial charge in [0.1, 0.15) is 6.26 Å². The highest BCUT2D eigenvalue weighted by molar-refractivity contribution is 5.17. The second-order valence-corrected chi connectivity index (χ2v) is 4.56. The number of benzene rings is 1. The van der Waals surface area contributed by atoms with E-state index in [0.717, 1.165) is 18.8 Å². The van der Waals surface area contributed by atoms with E-state index in [4.69, 9.17) is 9.47 Å². The first-order valence-electron chi connectivity index (χ1n) is 6.18. The summed E-state index contributed by atoms with van der Waals surface area (Å²) in [5.41, 5.74) is 1.39. The normalized spacial score (nSPS) is 23.2. The van der Waals surface area contributed by atoms with E-state index in [-0.39, 0.29) is 0 Å². The number of likely N-dealkylation sites (tertiary alicyclic amines) is 1. The van der Waals surface area contributed by atoms with Crippen LogP contribution in [-0.2, 0) is 15.9 Å². The van der Waals surface area contributed by atoms with Crippen LogP contribution in [0.2, 0.25) is 0 Å². The Labute approximate surface area is 102 Å². The summed E-state index contributed by atoms with van der Waals surface area (Å²) in [4.78, 5) is 2.33. The van der Waals surface area contributed by atoms with Crippen LogP contribution in [0.3, 0.4) is 0 Å². The zero-order valence-electron chi connectivity index (χ0n) is 9.84. The van der Waals surface area contributed by atoms with Gasteiger partial charge >= 0.3 is 0 Å². The molecule has 1 aromatic carbocycles. The van der Waals surface area contributed by atoms with Gasteiger partial charge in [0.25, 0.3) is 0 Å². The van der Waals surface area contributed by atoms with Gasteiger partial charge < -0.3 is 14.4 Å². The molecule has 0 saturated carbocycles. The lowest BCUT2D eigenvalue weighted by Gasteiger charge is -2.25. The highest BCUT2D eigenvalue weighted by atomic mass is 16.7. The van der Waals surface area contributed by atoms with Gasteiger partial charge in [-0.05, 0) is 24.8 Å². The summed E-state index contributed by atoms with van der Waals surface area (Å²) in [7, 11) is 0. The van der Waals surface area contributed by atoms with Crippen molar-refractivity contribution in [2.24, 2.45) is 0 Å². The van der Waals surface area contributed by atoms with Crippen molar-refractivity contribution in [2.45, 2.75) is 25.3 Å². The Morgan fingerprint density at radius 3 is 2.88 bits per heavy atom. The van der Waals surface area contributed by atoms with Crippen molar-refractivity contribution in [2.75, 3.05) is 13.3 Å². The third-order valence-corrected chi connectivity index (χ3v) is 3.43. The van der Waals surface area contributed by atoms with Crippen molar-refractivity contribution in [3.05, 3.63) is 48.0 Å². The molecule has 3 nitrogen and oxygen atoms in total. The molecule has 2 heterocycles. The van der Waals surface area contributed by atoms with Crippen molar-refractivity contribution in [3.8, 4) is 0 Å². The van der Waals surface area contributed by atoms with Gasteiger partial charge in [0.05, 0.1) is 0 Å². The number of hydrogen-bond donors (Lipinski definition) is 0. The molecule has 1 unspecified atom stereocenters. The van der Waals surface area contributed by atoms with Crippen LogP contribution >= 0.6 is 0 Å². The maximum absolute atomic E-state index is 5.47. The summed E-state index contributed by atoms with van der Waals surface area (Å²) < 4.78 is 10.6. The van der Waals surface area contributed by atoms with E-state index in [1.165, 1.54) is 18.4 Å². The molecular formula is C14H17NO2. The van der Waals surface area contributed by atoms with Gasteiger partial charge in [-0.25, -0.2) is 0 Å². The first kappa shape index (κ1) is 10.5. The maximum atomic E-state index is 5.47. The highest BCUT2D eigenvalue weighted by Gasteiger charge is 2.29. The Hall–Kier alpha value is -1.64. The first-order valence-corrected chi connectivity index (χ1v) is 6.18. The third kappa shape index (κ3) is 2.23.